The lowest BCUT2D eigenvalue weighted by Crippen LogP contribution is -2.22. The van der Waals surface area contributed by atoms with Crippen molar-refractivity contribution in [3.8, 4) is 0 Å². The fourth-order valence-corrected chi connectivity index (χ4v) is 3.94. The van der Waals surface area contributed by atoms with E-state index in [1.165, 1.54) is 14.9 Å². The van der Waals surface area contributed by atoms with Gasteiger partial charge in [-0.25, -0.2) is 0 Å². The van der Waals surface area contributed by atoms with E-state index in [4.69, 9.17) is 11.6 Å². The van der Waals surface area contributed by atoms with Gasteiger partial charge in [-0.05, 0) is 67.5 Å². The number of benzene rings is 1. The Morgan fingerprint density at radius 3 is 2.63 bits per heavy atom. The lowest BCUT2D eigenvalue weighted by molar-refractivity contribution is 0.552. The topological polar surface area (TPSA) is 12.0 Å². The monoisotopic (exact) mass is 421 g/mol. The Labute approximate surface area is 139 Å². The van der Waals surface area contributed by atoms with Crippen LogP contribution in [0.5, 0.6) is 0 Å². The second-order valence-corrected chi connectivity index (χ2v) is 7.30. The summed E-state index contributed by atoms with van der Waals surface area (Å²) < 4.78 is 2.12. The summed E-state index contributed by atoms with van der Waals surface area (Å²) in [5.74, 6) is 0. The highest BCUT2D eigenvalue weighted by Gasteiger charge is 2.14. The third-order valence-electron chi connectivity index (χ3n) is 2.88. The lowest BCUT2D eigenvalue weighted by Gasteiger charge is -2.18. The van der Waals surface area contributed by atoms with Crippen LogP contribution >= 0.6 is 54.8 Å². The highest BCUT2D eigenvalue weighted by Crippen LogP contribution is 2.31. The first-order valence-electron chi connectivity index (χ1n) is 6.02. The Morgan fingerprint density at radius 1 is 1.26 bits per heavy atom. The van der Waals surface area contributed by atoms with Crippen LogP contribution in [0.15, 0.2) is 38.6 Å². The molecule has 1 nitrogen and oxygen atoms in total. The van der Waals surface area contributed by atoms with Crippen molar-refractivity contribution in [2.45, 2.75) is 19.4 Å². The van der Waals surface area contributed by atoms with Gasteiger partial charge in [0.15, 0.2) is 0 Å². The van der Waals surface area contributed by atoms with Crippen molar-refractivity contribution in [1.29, 1.82) is 0 Å². The fraction of sp³-hybridized carbons (Fsp3) is 0.286. The van der Waals surface area contributed by atoms with Gasteiger partial charge < -0.3 is 5.32 Å². The summed E-state index contributed by atoms with van der Waals surface area (Å²) >= 11 is 15.0. The predicted octanol–water partition coefficient (Wildman–Crippen LogP) is 5.82. The standard InChI is InChI=1S/C14H14Br2ClNS/c1-2-18-13(8-14-11(16)5-6-19-14)9-3-4-10(15)12(17)7-9/h3-7,13,18H,2,8H2,1H3. The van der Waals surface area contributed by atoms with Gasteiger partial charge in [0, 0.05) is 26.3 Å². The molecular weight excluding hydrogens is 409 g/mol. The summed E-state index contributed by atoms with van der Waals surface area (Å²) in [5.41, 5.74) is 1.22. The van der Waals surface area contributed by atoms with Crippen LogP contribution in [0.1, 0.15) is 23.4 Å². The van der Waals surface area contributed by atoms with Crippen molar-refractivity contribution >= 4 is 54.8 Å². The van der Waals surface area contributed by atoms with E-state index in [9.17, 15) is 0 Å². The van der Waals surface area contributed by atoms with Crippen molar-refractivity contribution in [2.75, 3.05) is 6.54 Å². The van der Waals surface area contributed by atoms with Crippen molar-refractivity contribution < 1.29 is 0 Å². The fourth-order valence-electron chi connectivity index (χ4n) is 1.94. The van der Waals surface area contributed by atoms with Gasteiger partial charge in [0.05, 0.1) is 5.02 Å². The number of rotatable bonds is 5. The summed E-state index contributed by atoms with van der Waals surface area (Å²) in [4.78, 5) is 1.35. The molecule has 5 heteroatoms. The molecule has 0 spiro atoms. The minimum absolute atomic E-state index is 0.283. The minimum atomic E-state index is 0.283. The quantitative estimate of drug-likeness (QED) is 0.639. The zero-order valence-electron chi connectivity index (χ0n) is 10.4. The Kier molecular flexibility index (Phi) is 5.90. The lowest BCUT2D eigenvalue weighted by atomic mass is 10.0. The number of hydrogen-bond acceptors (Lipinski definition) is 2. The molecule has 0 aliphatic carbocycles. The Bertz CT molecular complexity index is 556. The van der Waals surface area contributed by atoms with Gasteiger partial charge in [0.2, 0.25) is 0 Å². The van der Waals surface area contributed by atoms with Crippen molar-refractivity contribution in [1.82, 2.24) is 5.32 Å². The largest absolute Gasteiger partial charge is 0.310 e. The van der Waals surface area contributed by atoms with Crippen molar-refractivity contribution in [3.05, 3.63) is 54.1 Å². The molecule has 0 aliphatic rings. The first-order valence-corrected chi connectivity index (χ1v) is 8.86. The summed E-state index contributed by atoms with van der Waals surface area (Å²) in [7, 11) is 0. The van der Waals surface area contributed by atoms with Crippen LogP contribution in [0.4, 0.5) is 0 Å². The van der Waals surface area contributed by atoms with Gasteiger partial charge in [0.1, 0.15) is 0 Å². The molecule has 1 heterocycles. The van der Waals surface area contributed by atoms with E-state index in [-0.39, 0.29) is 6.04 Å². The number of thiophene rings is 1. The minimum Gasteiger partial charge on any atom is -0.310 e. The first-order chi connectivity index (χ1) is 9.11. The highest BCUT2D eigenvalue weighted by molar-refractivity contribution is 9.10. The summed E-state index contributed by atoms with van der Waals surface area (Å²) in [6.45, 7) is 3.05. The van der Waals surface area contributed by atoms with Crippen LogP contribution in [0, 0.1) is 0 Å². The van der Waals surface area contributed by atoms with Crippen molar-refractivity contribution in [3.63, 3.8) is 0 Å². The second kappa shape index (κ2) is 7.23. The molecule has 0 radical (unpaired) electrons. The van der Waals surface area contributed by atoms with Gasteiger partial charge in [0.25, 0.3) is 0 Å². The average Bonchev–Trinajstić information content (AvgIpc) is 2.78. The zero-order valence-corrected chi connectivity index (χ0v) is 15.2. The maximum atomic E-state index is 6.19. The van der Waals surface area contributed by atoms with E-state index in [0.717, 1.165) is 22.5 Å². The molecular formula is C14H14Br2ClNS. The van der Waals surface area contributed by atoms with Crippen LogP contribution in [-0.4, -0.2) is 6.54 Å². The second-order valence-electron chi connectivity index (χ2n) is 4.18. The van der Waals surface area contributed by atoms with E-state index >= 15 is 0 Å². The normalized spacial score (nSPS) is 12.6. The summed E-state index contributed by atoms with van der Waals surface area (Å²) in [6.07, 6.45) is 0.962. The van der Waals surface area contributed by atoms with Crippen LogP contribution < -0.4 is 5.32 Å². The molecule has 0 bridgehead atoms. The van der Waals surface area contributed by atoms with Crippen LogP contribution in [-0.2, 0) is 6.42 Å². The van der Waals surface area contributed by atoms with Gasteiger partial charge in [-0.2, -0.15) is 0 Å². The first kappa shape index (κ1) is 15.5. The van der Waals surface area contributed by atoms with E-state index in [2.05, 4.69) is 61.6 Å². The molecule has 0 saturated carbocycles. The van der Waals surface area contributed by atoms with Crippen LogP contribution in [0.2, 0.25) is 5.02 Å². The Balaban J connectivity index is 2.24. The molecule has 1 unspecified atom stereocenters. The Morgan fingerprint density at radius 2 is 2.05 bits per heavy atom. The molecule has 1 N–H and O–H groups in total. The molecule has 102 valence electrons. The maximum absolute atomic E-state index is 6.19. The molecule has 2 rings (SSSR count). The van der Waals surface area contributed by atoms with Crippen LogP contribution in [0.25, 0.3) is 0 Å². The Hall–Kier alpha value is 0.130. The van der Waals surface area contributed by atoms with Gasteiger partial charge in [-0.15, -0.1) is 11.3 Å². The molecule has 0 aliphatic heterocycles. The van der Waals surface area contributed by atoms with E-state index in [1.54, 1.807) is 11.3 Å². The molecule has 19 heavy (non-hydrogen) atoms. The molecule has 2 aromatic rings. The molecule has 1 aromatic heterocycles. The number of hydrogen-bond donors (Lipinski definition) is 1. The van der Waals surface area contributed by atoms with E-state index in [1.807, 2.05) is 12.1 Å². The summed E-state index contributed by atoms with van der Waals surface area (Å²) in [5, 5.41) is 6.39. The van der Waals surface area contributed by atoms with Gasteiger partial charge >= 0.3 is 0 Å². The van der Waals surface area contributed by atoms with E-state index < -0.39 is 0 Å². The summed E-state index contributed by atoms with van der Waals surface area (Å²) in [6, 6.07) is 8.53. The molecule has 1 atom stereocenters. The molecule has 0 saturated heterocycles. The van der Waals surface area contributed by atoms with E-state index in [0.29, 0.717) is 0 Å². The smallest absolute Gasteiger partial charge is 0.0551 e. The molecule has 0 amide bonds. The SMILES string of the molecule is CCNC(Cc1sccc1Br)c1ccc(Br)c(Cl)c1. The maximum Gasteiger partial charge on any atom is 0.0551 e. The average molecular weight is 424 g/mol. The number of halogens is 3. The molecule has 1 aromatic carbocycles. The van der Waals surface area contributed by atoms with Crippen molar-refractivity contribution in [2.24, 2.45) is 0 Å². The molecule has 0 fully saturated rings. The predicted molar refractivity (Wildman–Crippen MR) is 91.3 cm³/mol. The van der Waals surface area contributed by atoms with Gasteiger partial charge in [-0.3, -0.25) is 0 Å². The van der Waals surface area contributed by atoms with Gasteiger partial charge in [-0.1, -0.05) is 24.6 Å². The zero-order chi connectivity index (χ0) is 13.8. The van der Waals surface area contributed by atoms with Crippen LogP contribution in [0.3, 0.4) is 0 Å². The number of likely N-dealkylation sites (N-methyl/N-ethyl adjacent to an activating group) is 1. The third-order valence-corrected chi connectivity index (χ3v) is 6.06. The number of nitrogens with one attached hydrogen (secondary N) is 1. The highest BCUT2D eigenvalue weighted by atomic mass is 79.9. The third kappa shape index (κ3) is 4.05.